The number of rotatable bonds is 13. The van der Waals surface area contributed by atoms with Crippen LogP contribution < -0.4 is 45.5 Å². The molecule has 5 N–H and O–H groups in total. The molecule has 5 aliphatic rings. The molecular weight excluding hydrogens is 1140 g/mol. The number of fused-ring (bicyclic) bond motifs is 8. The monoisotopic (exact) mass is 1250 g/mol. The van der Waals surface area contributed by atoms with Gasteiger partial charge in [-0.25, -0.2) is 9.59 Å². The second-order valence-corrected chi connectivity index (χ2v) is 24.8. The zero-order valence-corrected chi connectivity index (χ0v) is 57.9. The van der Waals surface area contributed by atoms with E-state index in [2.05, 4.69) is 51.7 Å². The molecule has 0 aliphatic carbocycles. The smallest absolute Gasteiger partial charge is 0.322 e. The Balaban J connectivity index is 0.000000272. The zero-order valence-electron chi connectivity index (χ0n) is 57.9. The van der Waals surface area contributed by atoms with Crippen LogP contribution in [0.4, 0.5) is 15.3 Å². The minimum Gasteiger partial charge on any atom is -0.497 e. The molecule has 8 amide bonds. The molecule has 9 rings (SSSR count). The summed E-state index contributed by atoms with van der Waals surface area (Å²) in [4.78, 5) is 82.4. The predicted octanol–water partition coefficient (Wildman–Crippen LogP) is 12.0. The summed E-state index contributed by atoms with van der Waals surface area (Å²) in [6, 6.07) is 22.0. The highest BCUT2D eigenvalue weighted by atomic mass is 16.5. The van der Waals surface area contributed by atoms with Crippen LogP contribution in [0, 0.1) is 6.92 Å². The summed E-state index contributed by atoms with van der Waals surface area (Å²) in [5.41, 5.74) is 8.34. The Morgan fingerprint density at radius 3 is 1.87 bits per heavy atom. The molecule has 0 saturated carbocycles. The molecule has 7 unspecified atom stereocenters. The van der Waals surface area contributed by atoms with Gasteiger partial charge in [-0.2, -0.15) is 0 Å². The summed E-state index contributed by atoms with van der Waals surface area (Å²) in [6.07, 6.45) is 7.82. The molecular formula is C71H109N9O10. The normalized spacial score (nSPS) is 19.1. The highest BCUT2D eigenvalue weighted by Crippen LogP contribution is 2.48. The van der Waals surface area contributed by atoms with Crippen LogP contribution in [0.3, 0.4) is 0 Å². The van der Waals surface area contributed by atoms with Crippen molar-refractivity contribution in [1.82, 2.24) is 40.9 Å². The van der Waals surface area contributed by atoms with E-state index >= 15 is 0 Å². The molecule has 4 aromatic carbocycles. The number of nitrogens with one attached hydrogen (secondary N) is 5. The lowest BCUT2D eigenvalue weighted by molar-refractivity contribution is -0.152. The summed E-state index contributed by atoms with van der Waals surface area (Å²) in [5, 5.41) is 14.5. The molecule has 2 saturated heterocycles. The number of hydrogen-bond acceptors (Lipinski definition) is 11. The first-order valence-corrected chi connectivity index (χ1v) is 32.5. The number of piperazine rings is 1. The lowest BCUT2D eigenvalue weighted by atomic mass is 9.78. The van der Waals surface area contributed by atoms with Crippen molar-refractivity contribution in [3.05, 3.63) is 112 Å². The van der Waals surface area contributed by atoms with E-state index in [-0.39, 0.29) is 71.1 Å². The van der Waals surface area contributed by atoms with E-state index in [9.17, 15) is 28.8 Å². The van der Waals surface area contributed by atoms with Crippen molar-refractivity contribution in [1.29, 1.82) is 0 Å². The molecule has 5 heterocycles. The molecule has 498 valence electrons. The van der Waals surface area contributed by atoms with Crippen LogP contribution in [0.25, 0.3) is 0 Å². The second-order valence-electron chi connectivity index (χ2n) is 24.8. The number of anilines is 1. The largest absolute Gasteiger partial charge is 0.497 e. The van der Waals surface area contributed by atoms with Crippen LogP contribution in [0.2, 0.25) is 0 Å². The number of likely N-dealkylation sites (N-methyl/N-ethyl adjacent to an activating group) is 1. The molecule has 0 radical (unpaired) electrons. The molecule has 0 spiro atoms. The summed E-state index contributed by atoms with van der Waals surface area (Å²) in [6.45, 7) is 31.8. The van der Waals surface area contributed by atoms with Gasteiger partial charge in [0.15, 0.2) is 0 Å². The summed E-state index contributed by atoms with van der Waals surface area (Å²) < 4.78 is 22.0. The van der Waals surface area contributed by atoms with Gasteiger partial charge in [0.2, 0.25) is 24.1 Å². The highest BCUT2D eigenvalue weighted by molar-refractivity contribution is 5.96. The first-order chi connectivity index (χ1) is 42.9. The Morgan fingerprint density at radius 1 is 0.689 bits per heavy atom. The van der Waals surface area contributed by atoms with Gasteiger partial charge in [-0.1, -0.05) is 78.3 Å². The molecule has 2 fully saturated rings. The van der Waals surface area contributed by atoms with Crippen LogP contribution in [0.1, 0.15) is 193 Å². The Bertz CT molecular complexity index is 2970. The Morgan fingerprint density at radius 2 is 1.30 bits per heavy atom. The van der Waals surface area contributed by atoms with Gasteiger partial charge in [0, 0.05) is 53.6 Å². The predicted molar refractivity (Wildman–Crippen MR) is 360 cm³/mol. The fraction of sp³-hybridized carbons (Fsp3) is 0.577. The van der Waals surface area contributed by atoms with Gasteiger partial charge in [-0.05, 0) is 185 Å². The first kappa shape index (κ1) is 74.9. The number of methoxy groups -OCH3 is 4. The van der Waals surface area contributed by atoms with E-state index in [4.69, 9.17) is 18.9 Å². The molecule has 19 nitrogen and oxygen atoms in total. The standard InChI is InChI=1S/C25H29N3O4.C21H33N3O3.C16H24N2O2.C5H11NO.2C2H6/c1-15-6-4-7-17(12-15)26-25(30)28-19-8-5-9-20(28)24(29)27-11-10-16-13-18(31-2)14-21(32-3)22(16)23(19)27;1-7-9-17(22-20(26)23-21(3,4)5)19(25)24-13-12-16-15(14(24)2)10-8-11-18(16)27-6;1-5-15(17-3)16(19)18-9-8-12-10-13(20-4)6-7-14(12)11(18)2;1-5(2,3)6-4-7;2*1-2/h4,6-7,12-14,19-20,23H,5,8-11H2,1-3H3,(H,26,30);8,10-11,14,17H,7,9,12-13H2,1-6H3,(H2,22,23,26);6-7,10-11,15,17H,5,8-9H2,1-4H3;4H,1-3H3,(H,6,7);2*1-2H3. The number of benzene rings is 4. The maximum Gasteiger partial charge on any atom is 0.322 e. The third kappa shape index (κ3) is 19.2. The molecule has 4 aromatic rings. The summed E-state index contributed by atoms with van der Waals surface area (Å²) in [5.74, 6) is 3.42. The van der Waals surface area contributed by atoms with Crippen LogP contribution in [0.5, 0.6) is 23.0 Å². The van der Waals surface area contributed by atoms with Crippen molar-refractivity contribution in [3.63, 3.8) is 0 Å². The van der Waals surface area contributed by atoms with E-state index in [1.54, 1.807) is 33.3 Å². The summed E-state index contributed by atoms with van der Waals surface area (Å²) in [7, 11) is 8.49. The van der Waals surface area contributed by atoms with Gasteiger partial charge >= 0.3 is 12.1 Å². The van der Waals surface area contributed by atoms with Crippen molar-refractivity contribution in [2.45, 2.75) is 215 Å². The number of piperidine rings is 1. The maximum absolute atomic E-state index is 13.6. The van der Waals surface area contributed by atoms with Gasteiger partial charge in [0.1, 0.15) is 35.1 Å². The molecule has 0 aromatic heterocycles. The molecule has 2 bridgehead atoms. The fourth-order valence-corrected chi connectivity index (χ4v) is 12.4. The SMILES string of the molecule is CC.CC.CC(C)(C)NC=O.CCC(NC)C(=O)N1CCc2cc(OC)ccc2C1C.CCCC(NC(=O)NC(C)(C)C)C(=O)N1CCc2c(OC)cccc2C1C.COc1cc2c(c(OC)c1)C1C3CCCC(C(=O)N1CC2)N3C(=O)Nc1cccc(C)c1. The molecule has 90 heavy (non-hydrogen) atoms. The van der Waals surface area contributed by atoms with Crippen molar-refractivity contribution < 1.29 is 47.7 Å². The number of nitrogens with zero attached hydrogens (tertiary/aromatic N) is 4. The van der Waals surface area contributed by atoms with Crippen LogP contribution in [-0.2, 0) is 38.4 Å². The number of urea groups is 2. The van der Waals surface area contributed by atoms with E-state index in [1.807, 2.05) is 173 Å². The van der Waals surface area contributed by atoms with Crippen LogP contribution in [0.15, 0.2) is 72.8 Å². The molecule has 7 atom stereocenters. The third-order valence-corrected chi connectivity index (χ3v) is 16.6. The minimum absolute atomic E-state index is 0.0260. The highest BCUT2D eigenvalue weighted by Gasteiger charge is 2.53. The van der Waals surface area contributed by atoms with Crippen molar-refractivity contribution >= 4 is 41.9 Å². The second kappa shape index (κ2) is 35.2. The number of carbonyl (C=O) groups is 6. The quantitative estimate of drug-likeness (QED) is 0.0795. The molecule has 19 heteroatoms. The maximum atomic E-state index is 13.6. The first-order valence-electron chi connectivity index (χ1n) is 32.5. The Kier molecular flexibility index (Phi) is 29.3. The third-order valence-electron chi connectivity index (χ3n) is 16.6. The summed E-state index contributed by atoms with van der Waals surface area (Å²) >= 11 is 0. The van der Waals surface area contributed by atoms with Crippen LogP contribution >= 0.6 is 0 Å². The average Bonchev–Trinajstić information content (AvgIpc) is 0.736. The Labute approximate surface area is 538 Å². The van der Waals surface area contributed by atoms with E-state index in [0.29, 0.717) is 38.1 Å². The lowest BCUT2D eigenvalue weighted by Crippen LogP contribution is -2.67. The number of amides is 8. The zero-order chi connectivity index (χ0) is 67.2. The lowest BCUT2D eigenvalue weighted by Gasteiger charge is -2.55. The van der Waals surface area contributed by atoms with E-state index < -0.39 is 12.1 Å². The van der Waals surface area contributed by atoms with E-state index in [0.717, 1.165) is 96.7 Å². The number of aryl methyl sites for hydroxylation is 1. The van der Waals surface area contributed by atoms with Gasteiger partial charge in [-0.15, -0.1) is 0 Å². The molecule has 5 aliphatic heterocycles. The average molecular weight is 1250 g/mol. The van der Waals surface area contributed by atoms with Gasteiger partial charge in [0.25, 0.3) is 0 Å². The van der Waals surface area contributed by atoms with Crippen LogP contribution in [-0.4, -0.2) is 146 Å². The number of carbonyl (C=O) groups excluding carboxylic acids is 6. The Hall–Kier alpha value is -7.54. The topological polar surface area (TPSA) is 212 Å². The van der Waals surface area contributed by atoms with Gasteiger partial charge in [0.05, 0.1) is 58.6 Å². The van der Waals surface area contributed by atoms with Crippen molar-refractivity contribution in [3.8, 4) is 23.0 Å². The van der Waals surface area contributed by atoms with Gasteiger partial charge in [-0.3, -0.25) is 19.2 Å². The van der Waals surface area contributed by atoms with Crippen molar-refractivity contribution in [2.75, 3.05) is 60.4 Å². The number of ether oxygens (including phenoxy) is 4. The minimum atomic E-state index is -0.521. The van der Waals surface area contributed by atoms with Gasteiger partial charge < -0.3 is 65.1 Å². The fourth-order valence-electron chi connectivity index (χ4n) is 12.4. The number of hydrogen-bond donors (Lipinski definition) is 5. The van der Waals surface area contributed by atoms with E-state index in [1.165, 1.54) is 16.7 Å². The van der Waals surface area contributed by atoms with Crippen molar-refractivity contribution in [2.24, 2.45) is 0 Å².